The summed E-state index contributed by atoms with van der Waals surface area (Å²) in [6, 6.07) is 4.53. The van der Waals surface area contributed by atoms with Crippen molar-refractivity contribution < 1.29 is 31.5 Å². The maximum atomic E-state index is 14.2. The van der Waals surface area contributed by atoms with Crippen molar-refractivity contribution in [3.63, 3.8) is 0 Å². The Balaban J connectivity index is 2.13. The van der Waals surface area contributed by atoms with Gasteiger partial charge >= 0.3 is 12.1 Å². The average Bonchev–Trinajstić information content (AvgIpc) is 2.48. The number of alkyl halides is 3. The summed E-state index contributed by atoms with van der Waals surface area (Å²) in [5, 5.41) is 0. The monoisotopic (exact) mass is 348 g/mol. The van der Waals surface area contributed by atoms with Crippen LogP contribution in [0, 0.1) is 5.82 Å². The second-order valence-electron chi connectivity index (χ2n) is 5.72. The number of rotatable bonds is 4. The zero-order valence-electron chi connectivity index (χ0n) is 13.1. The highest BCUT2D eigenvalue weighted by Gasteiger charge is 2.42. The topological polar surface area (TPSA) is 26.3 Å². The lowest BCUT2D eigenvalue weighted by Crippen LogP contribution is -2.31. The molecular formula is C17H17F5O2. The molecule has 0 fully saturated rings. The standard InChI is InChI=1S/C17H17F5O2/c1-2-3-10-4-6-12(14(18)8-10)13-7-5-11(9-15(13)19)24-16(23)17(20,21)22/h4,6,8,11H,2-3,5,7,9H2,1H3. The van der Waals surface area contributed by atoms with Crippen molar-refractivity contribution in [2.75, 3.05) is 0 Å². The molecule has 7 heteroatoms. The molecule has 1 unspecified atom stereocenters. The molecule has 0 aromatic heterocycles. The molecule has 1 aliphatic rings. The van der Waals surface area contributed by atoms with Gasteiger partial charge in [-0.15, -0.1) is 0 Å². The highest BCUT2D eigenvalue weighted by molar-refractivity contribution is 5.76. The number of carbonyl (C=O) groups excluding carboxylic acids is 1. The lowest BCUT2D eigenvalue weighted by Gasteiger charge is -2.24. The Bertz CT molecular complexity index is 649. The Morgan fingerprint density at radius 1 is 1.29 bits per heavy atom. The third-order valence-electron chi connectivity index (χ3n) is 3.85. The summed E-state index contributed by atoms with van der Waals surface area (Å²) in [4.78, 5) is 10.8. The van der Waals surface area contributed by atoms with Crippen molar-refractivity contribution in [3.8, 4) is 0 Å². The third-order valence-corrected chi connectivity index (χ3v) is 3.85. The largest absolute Gasteiger partial charge is 0.490 e. The number of hydrogen-bond acceptors (Lipinski definition) is 2. The van der Waals surface area contributed by atoms with Crippen molar-refractivity contribution in [2.45, 2.75) is 51.3 Å². The fourth-order valence-electron chi connectivity index (χ4n) is 2.71. The summed E-state index contributed by atoms with van der Waals surface area (Å²) in [5.74, 6) is -3.64. The molecule has 0 aliphatic heterocycles. The van der Waals surface area contributed by atoms with Gasteiger partial charge in [-0.1, -0.05) is 25.5 Å². The average molecular weight is 348 g/mol. The minimum absolute atomic E-state index is 0.00564. The van der Waals surface area contributed by atoms with E-state index in [1.807, 2.05) is 6.92 Å². The molecular weight excluding hydrogens is 331 g/mol. The summed E-state index contributed by atoms with van der Waals surface area (Å²) < 4.78 is 69.1. The molecule has 0 heterocycles. The molecule has 0 saturated heterocycles. The molecule has 0 amide bonds. The molecule has 1 atom stereocenters. The summed E-state index contributed by atoms with van der Waals surface area (Å²) in [5.41, 5.74) is 1.02. The zero-order valence-corrected chi connectivity index (χ0v) is 13.1. The number of ether oxygens (including phenoxy) is 1. The van der Waals surface area contributed by atoms with Crippen LogP contribution in [0.3, 0.4) is 0 Å². The van der Waals surface area contributed by atoms with E-state index in [0.717, 1.165) is 12.0 Å². The van der Waals surface area contributed by atoms with Crippen molar-refractivity contribution in [2.24, 2.45) is 0 Å². The van der Waals surface area contributed by atoms with Crippen LogP contribution in [0.15, 0.2) is 24.0 Å². The van der Waals surface area contributed by atoms with Crippen LogP contribution >= 0.6 is 0 Å². The first-order valence-corrected chi connectivity index (χ1v) is 7.66. The molecule has 0 N–H and O–H groups in total. The van der Waals surface area contributed by atoms with Gasteiger partial charge in [0.1, 0.15) is 17.7 Å². The van der Waals surface area contributed by atoms with Gasteiger partial charge in [-0.05, 0) is 36.5 Å². The number of aryl methyl sites for hydroxylation is 1. The molecule has 1 aromatic rings. The quantitative estimate of drug-likeness (QED) is 0.558. The Labute approximate surface area is 136 Å². The molecule has 24 heavy (non-hydrogen) atoms. The fourth-order valence-corrected chi connectivity index (χ4v) is 2.71. The molecule has 2 rings (SSSR count). The van der Waals surface area contributed by atoms with E-state index in [1.165, 1.54) is 12.1 Å². The van der Waals surface area contributed by atoms with Crippen molar-refractivity contribution in [3.05, 3.63) is 41.0 Å². The number of hydrogen-bond donors (Lipinski definition) is 0. The zero-order chi connectivity index (χ0) is 17.9. The van der Waals surface area contributed by atoms with Gasteiger partial charge in [0.2, 0.25) is 0 Å². The molecule has 2 nitrogen and oxygen atoms in total. The Hall–Kier alpha value is -1.92. The van der Waals surface area contributed by atoms with E-state index in [2.05, 4.69) is 4.74 Å². The predicted molar refractivity (Wildman–Crippen MR) is 78.2 cm³/mol. The van der Waals surface area contributed by atoms with E-state index < -0.39 is 36.3 Å². The minimum atomic E-state index is -5.11. The first-order chi connectivity index (χ1) is 11.2. The lowest BCUT2D eigenvalue weighted by molar-refractivity contribution is -0.205. The lowest BCUT2D eigenvalue weighted by atomic mass is 9.90. The number of allylic oxidation sites excluding steroid dienone is 1. The van der Waals surface area contributed by atoms with Crippen LogP contribution in [0.2, 0.25) is 0 Å². The number of carbonyl (C=O) groups is 1. The van der Waals surface area contributed by atoms with Crippen LogP contribution in [0.5, 0.6) is 0 Å². The second-order valence-corrected chi connectivity index (χ2v) is 5.72. The van der Waals surface area contributed by atoms with E-state index in [9.17, 15) is 26.7 Å². The summed E-state index contributed by atoms with van der Waals surface area (Å²) in [6.45, 7) is 1.96. The molecule has 0 radical (unpaired) electrons. The number of benzene rings is 1. The summed E-state index contributed by atoms with van der Waals surface area (Å²) in [7, 11) is 0. The minimum Gasteiger partial charge on any atom is -0.455 e. The maximum absolute atomic E-state index is 14.2. The Morgan fingerprint density at radius 2 is 2.00 bits per heavy atom. The van der Waals surface area contributed by atoms with Gasteiger partial charge in [0.15, 0.2) is 0 Å². The highest BCUT2D eigenvalue weighted by atomic mass is 19.4. The maximum Gasteiger partial charge on any atom is 0.490 e. The van der Waals surface area contributed by atoms with Gasteiger partial charge in [-0.3, -0.25) is 0 Å². The van der Waals surface area contributed by atoms with Crippen LogP contribution in [-0.4, -0.2) is 18.2 Å². The van der Waals surface area contributed by atoms with Gasteiger partial charge < -0.3 is 4.74 Å². The van der Waals surface area contributed by atoms with Crippen molar-refractivity contribution in [1.29, 1.82) is 0 Å². The molecule has 1 aromatic carbocycles. The normalized spacial score (nSPS) is 18.7. The van der Waals surface area contributed by atoms with Crippen LogP contribution in [-0.2, 0) is 16.0 Å². The third kappa shape index (κ3) is 4.33. The number of esters is 1. The van der Waals surface area contributed by atoms with Crippen LogP contribution in [0.1, 0.15) is 43.7 Å². The van der Waals surface area contributed by atoms with Crippen LogP contribution < -0.4 is 0 Å². The van der Waals surface area contributed by atoms with E-state index in [4.69, 9.17) is 0 Å². The van der Waals surface area contributed by atoms with E-state index in [-0.39, 0.29) is 24.0 Å². The van der Waals surface area contributed by atoms with Crippen molar-refractivity contribution >= 4 is 11.5 Å². The summed E-state index contributed by atoms with van der Waals surface area (Å²) >= 11 is 0. The first-order valence-electron chi connectivity index (χ1n) is 7.66. The van der Waals surface area contributed by atoms with Crippen molar-refractivity contribution in [1.82, 2.24) is 0 Å². The van der Waals surface area contributed by atoms with E-state index >= 15 is 0 Å². The first kappa shape index (κ1) is 18.4. The van der Waals surface area contributed by atoms with Crippen LogP contribution in [0.25, 0.3) is 5.57 Å². The fraction of sp³-hybridized carbons (Fsp3) is 0.471. The highest BCUT2D eigenvalue weighted by Crippen LogP contribution is 2.36. The molecule has 0 saturated carbocycles. The Kier molecular flexibility index (Phi) is 5.62. The smallest absolute Gasteiger partial charge is 0.455 e. The Morgan fingerprint density at radius 3 is 2.54 bits per heavy atom. The van der Waals surface area contributed by atoms with Gasteiger partial charge in [-0.25, -0.2) is 13.6 Å². The predicted octanol–water partition coefficient (Wildman–Crippen LogP) is 5.12. The van der Waals surface area contributed by atoms with E-state index in [0.29, 0.717) is 6.42 Å². The molecule has 0 bridgehead atoms. The summed E-state index contributed by atoms with van der Waals surface area (Å²) in [6.07, 6.45) is -5.21. The number of halogens is 5. The SMILES string of the molecule is CCCc1ccc(C2=C(F)CC(OC(=O)C(F)(F)F)CC2)c(F)c1. The van der Waals surface area contributed by atoms with Crippen LogP contribution in [0.4, 0.5) is 22.0 Å². The van der Waals surface area contributed by atoms with Gasteiger partial charge in [-0.2, -0.15) is 13.2 Å². The molecule has 1 aliphatic carbocycles. The molecule has 132 valence electrons. The van der Waals surface area contributed by atoms with Gasteiger partial charge in [0, 0.05) is 12.0 Å². The molecule has 0 spiro atoms. The van der Waals surface area contributed by atoms with Gasteiger partial charge in [0.05, 0.1) is 0 Å². The van der Waals surface area contributed by atoms with Gasteiger partial charge in [0.25, 0.3) is 0 Å². The van der Waals surface area contributed by atoms with E-state index in [1.54, 1.807) is 6.07 Å². The second kappa shape index (κ2) is 7.32.